The Kier molecular flexibility index (Phi) is 6.45. The van der Waals surface area contributed by atoms with Gasteiger partial charge in [-0.05, 0) is 42.3 Å². The number of carbonyl (C=O) groups is 2. The van der Waals surface area contributed by atoms with Crippen LogP contribution in [0.25, 0.3) is 0 Å². The van der Waals surface area contributed by atoms with Crippen LogP contribution in [0, 0.1) is 6.92 Å². The molecule has 0 radical (unpaired) electrons. The molecule has 0 bridgehead atoms. The number of aryl methyl sites for hydroxylation is 1. The van der Waals surface area contributed by atoms with Crippen LogP contribution in [0.4, 0.5) is 5.69 Å². The van der Waals surface area contributed by atoms with Crippen molar-refractivity contribution in [2.24, 2.45) is 0 Å². The van der Waals surface area contributed by atoms with Gasteiger partial charge in [-0.25, -0.2) is 0 Å². The quantitative estimate of drug-likeness (QED) is 0.642. The van der Waals surface area contributed by atoms with E-state index in [-0.39, 0.29) is 11.8 Å². The zero-order chi connectivity index (χ0) is 19.9. The topological polar surface area (TPSA) is 58.2 Å². The summed E-state index contributed by atoms with van der Waals surface area (Å²) in [5, 5.41) is 6.13. The van der Waals surface area contributed by atoms with Crippen LogP contribution in [0.15, 0.2) is 78.9 Å². The average molecular weight is 393 g/mol. The van der Waals surface area contributed by atoms with Gasteiger partial charge in [0.1, 0.15) is 6.04 Å². The molecule has 142 valence electrons. The number of nitrogens with one attached hydrogen (secondary N) is 2. The van der Waals surface area contributed by atoms with Crippen LogP contribution in [-0.4, -0.2) is 17.9 Å². The fraction of sp³-hybridized carbons (Fsp3) is 0.130. The van der Waals surface area contributed by atoms with Crippen molar-refractivity contribution < 1.29 is 9.59 Å². The van der Waals surface area contributed by atoms with Crippen LogP contribution < -0.4 is 10.6 Å². The third-order valence-corrected chi connectivity index (χ3v) is 4.64. The second-order valence-electron chi connectivity index (χ2n) is 6.55. The first-order chi connectivity index (χ1) is 13.5. The Morgan fingerprint density at radius 3 is 2.21 bits per heavy atom. The third-order valence-electron chi connectivity index (χ3n) is 4.32. The Hall–Kier alpha value is -3.11. The molecule has 0 aliphatic rings. The smallest absolute Gasteiger partial charge is 0.251 e. The van der Waals surface area contributed by atoms with E-state index in [1.807, 2.05) is 49.4 Å². The Morgan fingerprint density at radius 1 is 0.929 bits per heavy atom. The number of carbonyl (C=O) groups excluding carboxylic acids is 2. The summed E-state index contributed by atoms with van der Waals surface area (Å²) >= 11 is 6.24. The van der Waals surface area contributed by atoms with Crippen molar-refractivity contribution in [1.82, 2.24) is 5.32 Å². The van der Waals surface area contributed by atoms with Gasteiger partial charge in [-0.3, -0.25) is 9.59 Å². The Bertz CT molecular complexity index is 959. The molecule has 1 unspecified atom stereocenters. The molecule has 4 nitrogen and oxygen atoms in total. The summed E-state index contributed by atoms with van der Waals surface area (Å²) in [5.74, 6) is -0.620. The molecular weight excluding hydrogens is 372 g/mol. The molecule has 0 aliphatic heterocycles. The van der Waals surface area contributed by atoms with Crippen LogP contribution in [0.3, 0.4) is 0 Å². The van der Waals surface area contributed by atoms with E-state index in [0.717, 1.165) is 11.1 Å². The van der Waals surface area contributed by atoms with Crippen LogP contribution in [0.5, 0.6) is 0 Å². The van der Waals surface area contributed by atoms with Gasteiger partial charge in [0.15, 0.2) is 0 Å². The monoisotopic (exact) mass is 392 g/mol. The number of hydrogen-bond acceptors (Lipinski definition) is 2. The molecule has 0 aromatic heterocycles. The largest absolute Gasteiger partial charge is 0.340 e. The fourth-order valence-electron chi connectivity index (χ4n) is 2.83. The zero-order valence-corrected chi connectivity index (χ0v) is 16.2. The minimum Gasteiger partial charge on any atom is -0.340 e. The van der Waals surface area contributed by atoms with Gasteiger partial charge >= 0.3 is 0 Å². The normalized spacial score (nSPS) is 11.5. The van der Waals surface area contributed by atoms with E-state index in [1.165, 1.54) is 0 Å². The molecule has 0 saturated heterocycles. The third kappa shape index (κ3) is 5.21. The van der Waals surface area contributed by atoms with Gasteiger partial charge in [0.25, 0.3) is 5.91 Å². The highest BCUT2D eigenvalue weighted by Crippen LogP contribution is 2.23. The molecule has 0 spiro atoms. The van der Waals surface area contributed by atoms with Gasteiger partial charge in [-0.1, -0.05) is 66.2 Å². The second-order valence-corrected chi connectivity index (χ2v) is 6.96. The van der Waals surface area contributed by atoms with Gasteiger partial charge in [-0.15, -0.1) is 0 Å². The average Bonchev–Trinajstić information content (AvgIpc) is 2.71. The zero-order valence-electron chi connectivity index (χ0n) is 15.5. The maximum atomic E-state index is 12.9. The summed E-state index contributed by atoms with van der Waals surface area (Å²) in [4.78, 5) is 25.5. The van der Waals surface area contributed by atoms with Crippen molar-refractivity contribution in [2.75, 3.05) is 5.32 Å². The van der Waals surface area contributed by atoms with E-state index < -0.39 is 6.04 Å². The van der Waals surface area contributed by atoms with Gasteiger partial charge in [0.05, 0.1) is 10.7 Å². The summed E-state index contributed by atoms with van der Waals surface area (Å²) in [6, 6.07) is 23.1. The molecule has 0 heterocycles. The first-order valence-electron chi connectivity index (χ1n) is 9.00. The maximum absolute atomic E-state index is 12.9. The van der Waals surface area contributed by atoms with Crippen LogP contribution >= 0.6 is 11.6 Å². The van der Waals surface area contributed by atoms with Crippen molar-refractivity contribution in [1.29, 1.82) is 0 Å². The molecule has 3 aromatic carbocycles. The summed E-state index contributed by atoms with van der Waals surface area (Å²) in [6.07, 6.45) is 0.370. The molecule has 2 N–H and O–H groups in total. The molecule has 5 heteroatoms. The van der Waals surface area contributed by atoms with Gasteiger partial charge in [0, 0.05) is 12.0 Å². The molecule has 1 atom stereocenters. The number of hydrogen-bond donors (Lipinski definition) is 2. The first-order valence-corrected chi connectivity index (χ1v) is 9.37. The first kappa shape index (κ1) is 19.6. The van der Waals surface area contributed by atoms with Crippen LogP contribution in [-0.2, 0) is 11.2 Å². The summed E-state index contributed by atoms with van der Waals surface area (Å²) < 4.78 is 0. The lowest BCUT2D eigenvalue weighted by Gasteiger charge is -2.19. The lowest BCUT2D eigenvalue weighted by Crippen LogP contribution is -2.45. The Balaban J connectivity index is 1.80. The summed E-state index contributed by atoms with van der Waals surface area (Å²) in [6.45, 7) is 1.93. The van der Waals surface area contributed by atoms with Crippen LogP contribution in [0.2, 0.25) is 5.02 Å². The molecule has 3 aromatic rings. The van der Waals surface area contributed by atoms with Gasteiger partial charge in [0.2, 0.25) is 5.91 Å². The number of rotatable bonds is 6. The molecule has 0 aliphatic carbocycles. The molecule has 2 amide bonds. The minimum absolute atomic E-state index is 0.299. The van der Waals surface area contributed by atoms with E-state index in [2.05, 4.69) is 10.6 Å². The number of halogens is 1. The minimum atomic E-state index is -0.743. The molecule has 3 rings (SSSR count). The lowest BCUT2D eigenvalue weighted by atomic mass is 10.0. The number of anilines is 1. The highest BCUT2D eigenvalue weighted by atomic mass is 35.5. The fourth-order valence-corrected chi connectivity index (χ4v) is 3.11. The predicted octanol–water partition coefficient (Wildman–Crippen LogP) is 4.63. The standard InChI is InChI=1S/C23H21ClN2O2/c1-16-12-13-20(19(24)14-16)25-23(28)21(15-17-8-4-2-5-9-17)26-22(27)18-10-6-3-7-11-18/h2-14,21H,15H2,1H3,(H,25,28)(H,26,27). The van der Waals surface area contributed by atoms with Gasteiger partial charge in [-0.2, -0.15) is 0 Å². The van der Waals surface area contributed by atoms with E-state index >= 15 is 0 Å². The molecule has 0 saturated carbocycles. The van der Waals surface area contributed by atoms with E-state index in [4.69, 9.17) is 11.6 Å². The van der Waals surface area contributed by atoms with Crippen molar-refractivity contribution in [3.05, 3.63) is 101 Å². The predicted molar refractivity (Wildman–Crippen MR) is 113 cm³/mol. The second kappa shape index (κ2) is 9.20. The van der Waals surface area contributed by atoms with Gasteiger partial charge < -0.3 is 10.6 Å². The van der Waals surface area contributed by atoms with E-state index in [0.29, 0.717) is 22.7 Å². The number of benzene rings is 3. The molecule has 28 heavy (non-hydrogen) atoms. The lowest BCUT2D eigenvalue weighted by molar-refractivity contribution is -0.118. The van der Waals surface area contributed by atoms with Crippen molar-refractivity contribution in [3.63, 3.8) is 0 Å². The highest BCUT2D eigenvalue weighted by molar-refractivity contribution is 6.33. The van der Waals surface area contributed by atoms with Crippen molar-refractivity contribution in [2.45, 2.75) is 19.4 Å². The van der Waals surface area contributed by atoms with Crippen LogP contribution in [0.1, 0.15) is 21.5 Å². The van der Waals surface area contributed by atoms with Crippen molar-refractivity contribution in [3.8, 4) is 0 Å². The summed E-state index contributed by atoms with van der Waals surface area (Å²) in [5.41, 5.74) is 2.97. The molecule has 0 fully saturated rings. The number of amides is 2. The Morgan fingerprint density at radius 2 is 1.57 bits per heavy atom. The Labute approximate surface area is 169 Å². The highest BCUT2D eigenvalue weighted by Gasteiger charge is 2.22. The van der Waals surface area contributed by atoms with E-state index in [1.54, 1.807) is 36.4 Å². The maximum Gasteiger partial charge on any atom is 0.251 e. The van der Waals surface area contributed by atoms with Crippen molar-refractivity contribution >= 4 is 29.1 Å². The molecular formula is C23H21ClN2O2. The summed E-state index contributed by atoms with van der Waals surface area (Å²) in [7, 11) is 0. The van der Waals surface area contributed by atoms with E-state index in [9.17, 15) is 9.59 Å². The SMILES string of the molecule is Cc1ccc(NC(=O)C(Cc2ccccc2)NC(=O)c2ccccc2)c(Cl)c1.